The highest BCUT2D eigenvalue weighted by Crippen LogP contribution is 2.27. The molecule has 0 aliphatic carbocycles. The van der Waals surface area contributed by atoms with E-state index in [1.54, 1.807) is 49.4 Å². The minimum absolute atomic E-state index is 0.112. The van der Waals surface area contributed by atoms with Crippen LogP contribution in [0.1, 0.15) is 10.4 Å². The number of nitrogens with zero attached hydrogens (tertiary/aromatic N) is 1. The van der Waals surface area contributed by atoms with Crippen LogP contribution in [-0.2, 0) is 0 Å². The second kappa shape index (κ2) is 5.96. The molecule has 0 unspecified atom stereocenters. The summed E-state index contributed by atoms with van der Waals surface area (Å²) in [6, 6.07) is 12.4. The van der Waals surface area contributed by atoms with E-state index in [0.29, 0.717) is 17.0 Å². The van der Waals surface area contributed by atoms with Gasteiger partial charge in [-0.3, -0.25) is 4.79 Å². The van der Waals surface area contributed by atoms with Gasteiger partial charge in [-0.2, -0.15) is 0 Å². The first kappa shape index (κ1) is 14.4. The van der Waals surface area contributed by atoms with Gasteiger partial charge >= 0.3 is 0 Å². The lowest BCUT2D eigenvalue weighted by Gasteiger charge is -2.18. The van der Waals surface area contributed by atoms with Gasteiger partial charge in [-0.15, -0.1) is 0 Å². The van der Waals surface area contributed by atoms with E-state index in [4.69, 9.17) is 10.5 Å². The van der Waals surface area contributed by atoms with E-state index in [9.17, 15) is 4.79 Å². The maximum absolute atomic E-state index is 12.4. The number of amides is 1. The van der Waals surface area contributed by atoms with Crippen molar-refractivity contribution in [2.45, 2.75) is 0 Å². The Kier molecular flexibility index (Phi) is 4.29. The highest BCUT2D eigenvalue weighted by Gasteiger charge is 2.15. The summed E-state index contributed by atoms with van der Waals surface area (Å²) in [7, 11) is 3.30. The summed E-state index contributed by atoms with van der Waals surface area (Å²) in [6.45, 7) is 0. The van der Waals surface area contributed by atoms with Crippen molar-refractivity contribution in [2.75, 3.05) is 24.8 Å². The van der Waals surface area contributed by atoms with E-state index in [-0.39, 0.29) is 5.91 Å². The van der Waals surface area contributed by atoms with Crippen LogP contribution < -0.4 is 15.4 Å². The van der Waals surface area contributed by atoms with Crippen molar-refractivity contribution in [1.29, 1.82) is 0 Å². The van der Waals surface area contributed by atoms with Crippen molar-refractivity contribution in [3.63, 3.8) is 0 Å². The molecule has 20 heavy (non-hydrogen) atoms. The number of carbonyl (C=O) groups excluding carboxylic acids is 1. The second-order valence-corrected chi connectivity index (χ2v) is 5.16. The minimum atomic E-state index is -0.112. The highest BCUT2D eigenvalue weighted by atomic mass is 79.9. The standard InChI is InChI=1S/C15H15BrN2O2/c1-18(12-5-3-4-11(17)9-12)15(19)10-6-7-14(20-2)13(16)8-10/h3-9H,17H2,1-2H3. The average Bonchev–Trinajstić information content (AvgIpc) is 2.45. The van der Waals surface area contributed by atoms with E-state index >= 15 is 0 Å². The first-order valence-electron chi connectivity index (χ1n) is 6.00. The molecule has 0 aromatic heterocycles. The summed E-state index contributed by atoms with van der Waals surface area (Å²) in [5.41, 5.74) is 7.68. The van der Waals surface area contributed by atoms with Gasteiger partial charge in [-0.1, -0.05) is 6.07 Å². The normalized spacial score (nSPS) is 10.2. The lowest BCUT2D eigenvalue weighted by Crippen LogP contribution is -2.26. The molecule has 2 aromatic rings. The number of benzene rings is 2. The smallest absolute Gasteiger partial charge is 0.258 e. The molecule has 4 nitrogen and oxygen atoms in total. The molecule has 104 valence electrons. The second-order valence-electron chi connectivity index (χ2n) is 4.31. The van der Waals surface area contributed by atoms with Crippen molar-refractivity contribution in [3.8, 4) is 5.75 Å². The molecule has 0 saturated heterocycles. The molecule has 0 fully saturated rings. The molecular weight excluding hydrogens is 320 g/mol. The molecule has 0 aliphatic heterocycles. The first-order chi connectivity index (χ1) is 9.52. The van der Waals surface area contributed by atoms with Crippen LogP contribution in [-0.4, -0.2) is 20.1 Å². The van der Waals surface area contributed by atoms with Crippen molar-refractivity contribution in [1.82, 2.24) is 0 Å². The van der Waals surface area contributed by atoms with Gasteiger partial charge in [0.2, 0.25) is 0 Å². The van der Waals surface area contributed by atoms with Crippen LogP contribution in [0.2, 0.25) is 0 Å². The van der Waals surface area contributed by atoms with E-state index in [1.165, 1.54) is 0 Å². The number of halogens is 1. The Morgan fingerprint density at radius 2 is 2.00 bits per heavy atom. The lowest BCUT2D eigenvalue weighted by molar-refractivity contribution is 0.0993. The molecule has 5 heteroatoms. The molecule has 1 amide bonds. The SMILES string of the molecule is COc1ccc(C(=O)N(C)c2cccc(N)c2)cc1Br. The average molecular weight is 335 g/mol. The van der Waals surface area contributed by atoms with Crippen molar-refractivity contribution in [3.05, 3.63) is 52.5 Å². The van der Waals surface area contributed by atoms with Gasteiger partial charge in [0.05, 0.1) is 11.6 Å². The zero-order valence-corrected chi connectivity index (χ0v) is 12.8. The number of carbonyl (C=O) groups is 1. The Bertz CT molecular complexity index is 644. The van der Waals surface area contributed by atoms with Gasteiger partial charge in [0.25, 0.3) is 5.91 Å². The molecule has 0 bridgehead atoms. The molecule has 0 saturated carbocycles. The fourth-order valence-electron chi connectivity index (χ4n) is 1.84. The monoisotopic (exact) mass is 334 g/mol. The van der Waals surface area contributed by atoms with Crippen molar-refractivity contribution in [2.24, 2.45) is 0 Å². The Morgan fingerprint density at radius 3 is 2.60 bits per heavy atom. The van der Waals surface area contributed by atoms with E-state index in [0.717, 1.165) is 10.2 Å². The Labute approximate surface area is 126 Å². The van der Waals surface area contributed by atoms with Gasteiger partial charge in [0, 0.05) is 24.0 Å². The van der Waals surface area contributed by atoms with Crippen LogP contribution in [0, 0.1) is 0 Å². The fourth-order valence-corrected chi connectivity index (χ4v) is 2.38. The zero-order chi connectivity index (χ0) is 14.7. The molecule has 2 rings (SSSR count). The first-order valence-corrected chi connectivity index (χ1v) is 6.79. The Morgan fingerprint density at radius 1 is 1.25 bits per heavy atom. The summed E-state index contributed by atoms with van der Waals surface area (Å²) in [6.07, 6.45) is 0. The van der Waals surface area contributed by atoms with Gasteiger partial charge in [-0.05, 0) is 52.3 Å². The number of nitrogen functional groups attached to an aromatic ring is 1. The fraction of sp³-hybridized carbons (Fsp3) is 0.133. The van der Waals surface area contributed by atoms with Crippen LogP contribution in [0.5, 0.6) is 5.75 Å². The molecule has 0 radical (unpaired) electrons. The van der Waals surface area contributed by atoms with E-state index < -0.39 is 0 Å². The highest BCUT2D eigenvalue weighted by molar-refractivity contribution is 9.10. The summed E-state index contributed by atoms with van der Waals surface area (Å²) >= 11 is 3.38. The topological polar surface area (TPSA) is 55.6 Å². The molecule has 0 atom stereocenters. The molecule has 0 aliphatic rings. The maximum Gasteiger partial charge on any atom is 0.258 e. The predicted octanol–water partition coefficient (Wildman–Crippen LogP) is 3.32. The Hall–Kier alpha value is -2.01. The maximum atomic E-state index is 12.4. The van der Waals surface area contributed by atoms with E-state index in [2.05, 4.69) is 15.9 Å². The number of hydrogen-bond acceptors (Lipinski definition) is 3. The van der Waals surface area contributed by atoms with Gasteiger partial charge in [0.15, 0.2) is 0 Å². The molecular formula is C15H15BrN2O2. The molecule has 0 heterocycles. The number of methoxy groups -OCH3 is 1. The third-order valence-corrected chi connectivity index (χ3v) is 3.58. The third kappa shape index (κ3) is 2.93. The van der Waals surface area contributed by atoms with Gasteiger partial charge < -0.3 is 15.4 Å². The number of ether oxygens (including phenoxy) is 1. The molecule has 0 spiro atoms. The van der Waals surface area contributed by atoms with Crippen LogP contribution in [0.3, 0.4) is 0 Å². The predicted molar refractivity (Wildman–Crippen MR) is 84.3 cm³/mol. The van der Waals surface area contributed by atoms with Crippen LogP contribution in [0.4, 0.5) is 11.4 Å². The Balaban J connectivity index is 2.29. The summed E-state index contributed by atoms with van der Waals surface area (Å²) in [4.78, 5) is 14.0. The number of hydrogen-bond donors (Lipinski definition) is 1. The number of anilines is 2. The number of nitrogens with two attached hydrogens (primary N) is 1. The lowest BCUT2D eigenvalue weighted by atomic mass is 10.1. The van der Waals surface area contributed by atoms with E-state index in [1.807, 2.05) is 12.1 Å². The largest absolute Gasteiger partial charge is 0.496 e. The van der Waals surface area contributed by atoms with Crippen molar-refractivity contribution < 1.29 is 9.53 Å². The summed E-state index contributed by atoms with van der Waals surface area (Å²) in [5, 5.41) is 0. The van der Waals surface area contributed by atoms with Gasteiger partial charge in [-0.25, -0.2) is 0 Å². The quantitative estimate of drug-likeness (QED) is 0.876. The summed E-state index contributed by atoms with van der Waals surface area (Å²) in [5.74, 6) is 0.576. The van der Waals surface area contributed by atoms with Gasteiger partial charge in [0.1, 0.15) is 5.75 Å². The molecule has 2 aromatic carbocycles. The van der Waals surface area contributed by atoms with Crippen LogP contribution in [0.15, 0.2) is 46.9 Å². The van der Waals surface area contributed by atoms with Crippen molar-refractivity contribution >= 4 is 33.2 Å². The number of rotatable bonds is 3. The van der Waals surface area contributed by atoms with Crippen LogP contribution >= 0.6 is 15.9 Å². The van der Waals surface area contributed by atoms with Crippen LogP contribution in [0.25, 0.3) is 0 Å². The minimum Gasteiger partial charge on any atom is -0.496 e. The third-order valence-electron chi connectivity index (χ3n) is 2.96. The summed E-state index contributed by atoms with van der Waals surface area (Å²) < 4.78 is 5.89. The zero-order valence-electron chi connectivity index (χ0n) is 11.3. The molecule has 2 N–H and O–H groups in total.